The number of rotatable bonds is 6. The lowest BCUT2D eigenvalue weighted by molar-refractivity contribution is 0.128. The van der Waals surface area contributed by atoms with E-state index in [4.69, 9.17) is 4.74 Å². The van der Waals surface area contributed by atoms with Crippen molar-refractivity contribution in [1.29, 1.82) is 0 Å². The fourth-order valence-corrected chi connectivity index (χ4v) is 3.53. The van der Waals surface area contributed by atoms with Crippen LogP contribution in [0.4, 0.5) is 0 Å². The summed E-state index contributed by atoms with van der Waals surface area (Å²) in [6.07, 6.45) is 5.61. The first-order chi connectivity index (χ1) is 11.7. The van der Waals surface area contributed by atoms with E-state index in [9.17, 15) is 0 Å². The molecular formula is C21H28N2O. The summed E-state index contributed by atoms with van der Waals surface area (Å²) < 4.78 is 6.09. The standard InChI is InChI=1S/C21H28N2O/c1-17(2)15-23-14-7-6-12-20(23)19-11-8-13-22-21(19)24-16-18-9-4-3-5-10-18/h3-5,8-11,13,17,20H,6-7,12,14-16H2,1-2H3/t20-/m1/s1. The van der Waals surface area contributed by atoms with E-state index < -0.39 is 0 Å². The summed E-state index contributed by atoms with van der Waals surface area (Å²) in [5.74, 6) is 1.47. The summed E-state index contributed by atoms with van der Waals surface area (Å²) in [6, 6.07) is 15.0. The van der Waals surface area contributed by atoms with Gasteiger partial charge in [-0.1, -0.05) is 56.7 Å². The molecule has 24 heavy (non-hydrogen) atoms. The second-order valence-electron chi connectivity index (χ2n) is 7.07. The Balaban J connectivity index is 1.77. The Morgan fingerprint density at radius 3 is 2.75 bits per heavy atom. The van der Waals surface area contributed by atoms with Gasteiger partial charge in [-0.3, -0.25) is 4.90 Å². The van der Waals surface area contributed by atoms with Gasteiger partial charge in [0, 0.05) is 24.3 Å². The molecule has 3 rings (SSSR count). The second-order valence-corrected chi connectivity index (χ2v) is 7.07. The van der Waals surface area contributed by atoms with Crippen molar-refractivity contribution in [3.8, 4) is 5.88 Å². The van der Waals surface area contributed by atoms with Crippen LogP contribution in [0.2, 0.25) is 0 Å². The zero-order chi connectivity index (χ0) is 16.8. The molecule has 0 spiro atoms. The summed E-state index contributed by atoms with van der Waals surface area (Å²) in [5, 5.41) is 0. The van der Waals surface area contributed by atoms with Crippen LogP contribution >= 0.6 is 0 Å². The van der Waals surface area contributed by atoms with E-state index in [1.807, 2.05) is 30.5 Å². The lowest BCUT2D eigenvalue weighted by atomic mass is 9.95. The Morgan fingerprint density at radius 2 is 1.96 bits per heavy atom. The third kappa shape index (κ3) is 4.35. The van der Waals surface area contributed by atoms with Gasteiger partial charge in [-0.15, -0.1) is 0 Å². The van der Waals surface area contributed by atoms with Crippen molar-refractivity contribution in [3.05, 3.63) is 59.8 Å². The summed E-state index contributed by atoms with van der Waals surface area (Å²) in [5.41, 5.74) is 2.42. The van der Waals surface area contributed by atoms with Crippen LogP contribution < -0.4 is 4.74 Å². The van der Waals surface area contributed by atoms with Crippen LogP contribution in [0.5, 0.6) is 5.88 Å². The van der Waals surface area contributed by atoms with E-state index in [1.54, 1.807) is 0 Å². The average molecular weight is 324 g/mol. The first-order valence-electron chi connectivity index (χ1n) is 9.09. The monoisotopic (exact) mass is 324 g/mol. The van der Waals surface area contributed by atoms with Gasteiger partial charge < -0.3 is 4.74 Å². The number of pyridine rings is 1. The molecular weight excluding hydrogens is 296 g/mol. The molecule has 3 heteroatoms. The number of benzene rings is 1. The Morgan fingerprint density at radius 1 is 1.12 bits per heavy atom. The van der Waals surface area contributed by atoms with Crippen LogP contribution in [0.25, 0.3) is 0 Å². The SMILES string of the molecule is CC(C)CN1CCCC[C@@H]1c1cccnc1OCc1ccccc1. The van der Waals surface area contributed by atoms with E-state index in [2.05, 4.69) is 41.9 Å². The van der Waals surface area contributed by atoms with Crippen molar-refractivity contribution in [3.63, 3.8) is 0 Å². The van der Waals surface area contributed by atoms with Crippen LogP contribution in [0, 0.1) is 5.92 Å². The third-order valence-electron chi connectivity index (χ3n) is 4.59. The predicted octanol–water partition coefficient (Wildman–Crippen LogP) is 4.84. The molecule has 1 atom stereocenters. The van der Waals surface area contributed by atoms with Crippen molar-refractivity contribution < 1.29 is 4.74 Å². The molecule has 2 aromatic rings. The average Bonchev–Trinajstić information content (AvgIpc) is 2.61. The Kier molecular flexibility index (Phi) is 5.86. The molecule has 1 aromatic heterocycles. The van der Waals surface area contributed by atoms with Crippen molar-refractivity contribution >= 4 is 0 Å². The molecule has 0 unspecified atom stereocenters. The molecule has 1 aliphatic rings. The molecule has 0 bridgehead atoms. The number of aromatic nitrogens is 1. The topological polar surface area (TPSA) is 25.4 Å². The Bertz CT molecular complexity index is 627. The lowest BCUT2D eigenvalue weighted by Crippen LogP contribution is -2.36. The zero-order valence-corrected chi connectivity index (χ0v) is 14.8. The summed E-state index contributed by atoms with van der Waals surface area (Å²) in [4.78, 5) is 7.15. The fraction of sp³-hybridized carbons (Fsp3) is 0.476. The molecule has 0 amide bonds. The second kappa shape index (κ2) is 8.29. The van der Waals surface area contributed by atoms with Crippen LogP contribution in [-0.4, -0.2) is 23.0 Å². The smallest absolute Gasteiger partial charge is 0.218 e. The summed E-state index contributed by atoms with van der Waals surface area (Å²) >= 11 is 0. The van der Waals surface area contributed by atoms with Gasteiger partial charge in [-0.25, -0.2) is 4.98 Å². The number of likely N-dealkylation sites (tertiary alicyclic amines) is 1. The highest BCUT2D eigenvalue weighted by Crippen LogP contribution is 2.35. The normalized spacial score (nSPS) is 18.7. The molecule has 3 nitrogen and oxygen atoms in total. The molecule has 0 saturated carbocycles. The van der Waals surface area contributed by atoms with Crippen LogP contribution in [-0.2, 0) is 6.61 Å². The number of hydrogen-bond acceptors (Lipinski definition) is 3. The first-order valence-corrected chi connectivity index (χ1v) is 9.09. The molecule has 0 radical (unpaired) electrons. The quantitative estimate of drug-likeness (QED) is 0.760. The van der Waals surface area contributed by atoms with Gasteiger partial charge in [0.15, 0.2) is 0 Å². The molecule has 128 valence electrons. The minimum absolute atomic E-state index is 0.431. The number of ether oxygens (including phenoxy) is 1. The highest BCUT2D eigenvalue weighted by molar-refractivity contribution is 5.30. The maximum atomic E-state index is 6.09. The van der Waals surface area contributed by atoms with Crippen molar-refractivity contribution in [2.24, 2.45) is 5.92 Å². The maximum absolute atomic E-state index is 6.09. The highest BCUT2D eigenvalue weighted by atomic mass is 16.5. The molecule has 1 aromatic carbocycles. The van der Waals surface area contributed by atoms with Gasteiger partial charge in [0.2, 0.25) is 5.88 Å². The van der Waals surface area contributed by atoms with Crippen LogP contribution in [0.3, 0.4) is 0 Å². The third-order valence-corrected chi connectivity index (χ3v) is 4.59. The number of piperidine rings is 1. The predicted molar refractivity (Wildman–Crippen MR) is 98.0 cm³/mol. The van der Waals surface area contributed by atoms with E-state index in [0.717, 1.165) is 12.4 Å². The van der Waals surface area contributed by atoms with Gasteiger partial charge in [-0.05, 0) is 36.9 Å². The van der Waals surface area contributed by atoms with Gasteiger partial charge in [-0.2, -0.15) is 0 Å². The largest absolute Gasteiger partial charge is 0.473 e. The zero-order valence-electron chi connectivity index (χ0n) is 14.8. The summed E-state index contributed by atoms with van der Waals surface area (Å²) in [7, 11) is 0. The van der Waals surface area contributed by atoms with Crippen LogP contribution in [0.1, 0.15) is 50.3 Å². The van der Waals surface area contributed by atoms with E-state index in [0.29, 0.717) is 18.6 Å². The van der Waals surface area contributed by atoms with Gasteiger partial charge >= 0.3 is 0 Å². The van der Waals surface area contributed by atoms with Crippen molar-refractivity contribution in [2.75, 3.05) is 13.1 Å². The van der Waals surface area contributed by atoms with Crippen molar-refractivity contribution in [1.82, 2.24) is 9.88 Å². The molecule has 0 N–H and O–H groups in total. The Hall–Kier alpha value is -1.87. The molecule has 2 heterocycles. The lowest BCUT2D eigenvalue weighted by Gasteiger charge is -2.37. The van der Waals surface area contributed by atoms with Gasteiger partial charge in [0.25, 0.3) is 0 Å². The first kappa shape index (κ1) is 17.0. The minimum atomic E-state index is 0.431. The maximum Gasteiger partial charge on any atom is 0.218 e. The van der Waals surface area contributed by atoms with Crippen LogP contribution in [0.15, 0.2) is 48.7 Å². The molecule has 1 saturated heterocycles. The number of nitrogens with zero attached hydrogens (tertiary/aromatic N) is 2. The van der Waals surface area contributed by atoms with E-state index >= 15 is 0 Å². The van der Waals surface area contributed by atoms with E-state index in [1.165, 1.54) is 36.9 Å². The van der Waals surface area contributed by atoms with Crippen molar-refractivity contribution in [2.45, 2.75) is 45.8 Å². The molecule has 1 fully saturated rings. The number of hydrogen-bond donors (Lipinski definition) is 0. The highest BCUT2D eigenvalue weighted by Gasteiger charge is 2.27. The fourth-order valence-electron chi connectivity index (χ4n) is 3.53. The minimum Gasteiger partial charge on any atom is -0.473 e. The van der Waals surface area contributed by atoms with Gasteiger partial charge in [0.1, 0.15) is 6.61 Å². The Labute approximate surface area is 145 Å². The van der Waals surface area contributed by atoms with Gasteiger partial charge in [0.05, 0.1) is 0 Å². The summed E-state index contributed by atoms with van der Waals surface area (Å²) in [6.45, 7) is 7.47. The van der Waals surface area contributed by atoms with E-state index in [-0.39, 0.29) is 0 Å². The molecule has 1 aliphatic heterocycles. The molecule has 0 aliphatic carbocycles.